The lowest BCUT2D eigenvalue weighted by molar-refractivity contribution is -0.122. The van der Waals surface area contributed by atoms with E-state index < -0.39 is 0 Å². The van der Waals surface area contributed by atoms with E-state index in [1.165, 1.54) is 5.56 Å². The lowest BCUT2D eigenvalue weighted by atomic mass is 10.1. The molecular weight excluding hydrogens is 380 g/mol. The van der Waals surface area contributed by atoms with E-state index in [1.54, 1.807) is 4.90 Å². The van der Waals surface area contributed by atoms with E-state index >= 15 is 0 Å². The molecule has 0 unspecified atom stereocenters. The Labute approximate surface area is 156 Å². The van der Waals surface area contributed by atoms with Crippen LogP contribution in [0.2, 0.25) is 0 Å². The van der Waals surface area contributed by atoms with Gasteiger partial charge in [-0.25, -0.2) is 0 Å². The Bertz CT molecular complexity index is 848. The smallest absolute Gasteiger partial charge is 0.229 e. The lowest BCUT2D eigenvalue weighted by Crippen LogP contribution is -2.28. The molecule has 1 fully saturated rings. The van der Waals surface area contributed by atoms with E-state index in [9.17, 15) is 9.59 Å². The van der Waals surface area contributed by atoms with Crippen LogP contribution in [-0.2, 0) is 9.59 Å². The number of hydrogen-bond donors (Lipinski definition) is 1. The second-order valence-electron chi connectivity index (χ2n) is 6.65. The van der Waals surface area contributed by atoms with Gasteiger partial charge in [0, 0.05) is 23.1 Å². The molecule has 2 amide bonds. The number of anilines is 2. The third-order valence-corrected chi connectivity index (χ3v) is 5.34. The van der Waals surface area contributed by atoms with Crippen LogP contribution in [0.4, 0.5) is 11.4 Å². The summed E-state index contributed by atoms with van der Waals surface area (Å²) >= 11 is 3.47. The minimum absolute atomic E-state index is 0.00799. The zero-order valence-electron chi connectivity index (χ0n) is 14.6. The molecule has 0 spiro atoms. The van der Waals surface area contributed by atoms with Crippen molar-refractivity contribution in [3.8, 4) is 0 Å². The van der Waals surface area contributed by atoms with Crippen LogP contribution >= 0.6 is 15.9 Å². The molecular formula is C20H21BrN2O2. The number of benzene rings is 2. The van der Waals surface area contributed by atoms with Crippen LogP contribution < -0.4 is 10.2 Å². The summed E-state index contributed by atoms with van der Waals surface area (Å²) in [7, 11) is 0. The van der Waals surface area contributed by atoms with E-state index in [-0.39, 0.29) is 24.2 Å². The number of halogens is 1. The molecule has 4 nitrogen and oxygen atoms in total. The van der Waals surface area contributed by atoms with Crippen molar-refractivity contribution in [1.82, 2.24) is 0 Å². The first-order chi connectivity index (χ1) is 11.8. The summed E-state index contributed by atoms with van der Waals surface area (Å²) in [4.78, 5) is 26.7. The van der Waals surface area contributed by atoms with Crippen molar-refractivity contribution < 1.29 is 9.59 Å². The van der Waals surface area contributed by atoms with Crippen molar-refractivity contribution in [2.75, 3.05) is 16.8 Å². The number of carbonyl (C=O) groups is 2. The highest BCUT2D eigenvalue weighted by Crippen LogP contribution is 2.29. The molecule has 0 radical (unpaired) electrons. The number of carbonyl (C=O) groups excluding carboxylic acids is 2. The van der Waals surface area contributed by atoms with Crippen molar-refractivity contribution in [3.63, 3.8) is 0 Å². The van der Waals surface area contributed by atoms with Gasteiger partial charge in [-0.3, -0.25) is 9.59 Å². The number of nitrogens with one attached hydrogen (secondary N) is 1. The van der Waals surface area contributed by atoms with Gasteiger partial charge < -0.3 is 10.2 Å². The largest absolute Gasteiger partial charge is 0.325 e. The molecule has 1 N–H and O–H groups in total. The molecule has 0 saturated carbocycles. The van der Waals surface area contributed by atoms with Crippen LogP contribution in [-0.4, -0.2) is 18.4 Å². The van der Waals surface area contributed by atoms with Gasteiger partial charge in [-0.1, -0.05) is 12.1 Å². The van der Waals surface area contributed by atoms with Crippen molar-refractivity contribution >= 4 is 39.1 Å². The number of hydrogen-bond acceptors (Lipinski definition) is 2. The maximum Gasteiger partial charge on any atom is 0.229 e. The molecule has 1 heterocycles. The van der Waals surface area contributed by atoms with Gasteiger partial charge in [0.2, 0.25) is 11.8 Å². The molecule has 0 bridgehead atoms. The molecule has 1 aliphatic heterocycles. The summed E-state index contributed by atoms with van der Waals surface area (Å²) in [5, 5.41) is 2.93. The first kappa shape index (κ1) is 17.7. The van der Waals surface area contributed by atoms with Crippen LogP contribution in [0.1, 0.15) is 23.1 Å². The average Bonchev–Trinajstić information content (AvgIpc) is 2.95. The second kappa shape index (κ2) is 7.00. The van der Waals surface area contributed by atoms with Crippen LogP contribution in [0.5, 0.6) is 0 Å². The quantitative estimate of drug-likeness (QED) is 0.831. The molecule has 2 aromatic rings. The highest BCUT2D eigenvalue weighted by atomic mass is 79.9. The highest BCUT2D eigenvalue weighted by molar-refractivity contribution is 9.10. The molecule has 2 aromatic carbocycles. The third-order valence-electron chi connectivity index (χ3n) is 4.68. The number of nitrogens with zero attached hydrogens (tertiary/aromatic N) is 1. The van der Waals surface area contributed by atoms with E-state index in [4.69, 9.17) is 0 Å². The molecule has 1 saturated heterocycles. The summed E-state index contributed by atoms with van der Waals surface area (Å²) in [6, 6.07) is 11.7. The van der Waals surface area contributed by atoms with E-state index in [2.05, 4.69) is 21.2 Å². The molecule has 0 aromatic heterocycles. The Kier molecular flexibility index (Phi) is 4.95. The van der Waals surface area contributed by atoms with Gasteiger partial charge in [-0.15, -0.1) is 0 Å². The van der Waals surface area contributed by atoms with Crippen LogP contribution in [0.25, 0.3) is 0 Å². The molecule has 1 aliphatic rings. The minimum Gasteiger partial charge on any atom is -0.325 e. The molecule has 1 atom stereocenters. The normalized spacial score (nSPS) is 17.0. The van der Waals surface area contributed by atoms with Crippen molar-refractivity contribution in [3.05, 3.63) is 57.6 Å². The minimum atomic E-state index is -0.345. The van der Waals surface area contributed by atoms with Crippen LogP contribution in [0, 0.1) is 26.7 Å². The van der Waals surface area contributed by atoms with E-state index in [1.807, 2.05) is 57.2 Å². The summed E-state index contributed by atoms with van der Waals surface area (Å²) in [5.41, 5.74) is 5.03. The van der Waals surface area contributed by atoms with Gasteiger partial charge in [0.15, 0.2) is 0 Å². The van der Waals surface area contributed by atoms with E-state index in [0.29, 0.717) is 6.54 Å². The fraction of sp³-hybridized carbons (Fsp3) is 0.300. The Morgan fingerprint density at radius 3 is 2.56 bits per heavy atom. The number of rotatable bonds is 3. The molecule has 0 aliphatic carbocycles. The maximum absolute atomic E-state index is 12.6. The van der Waals surface area contributed by atoms with Gasteiger partial charge in [-0.2, -0.15) is 0 Å². The van der Waals surface area contributed by atoms with Crippen LogP contribution in [0.3, 0.4) is 0 Å². The van der Waals surface area contributed by atoms with Gasteiger partial charge in [0.05, 0.1) is 11.6 Å². The Hall–Kier alpha value is -2.14. The summed E-state index contributed by atoms with van der Waals surface area (Å²) in [6.45, 7) is 6.48. The van der Waals surface area contributed by atoms with Crippen LogP contribution in [0.15, 0.2) is 40.9 Å². The SMILES string of the molecule is Cc1ccc(NC(=O)[C@H]2CC(=O)N(c3ccc(C)c(C)c3)C2)c(Br)c1. The lowest BCUT2D eigenvalue weighted by Gasteiger charge is -2.18. The number of amides is 2. The molecule has 130 valence electrons. The van der Waals surface area contributed by atoms with Crippen molar-refractivity contribution in [2.24, 2.45) is 5.92 Å². The predicted molar refractivity (Wildman–Crippen MR) is 104 cm³/mol. The molecule has 25 heavy (non-hydrogen) atoms. The van der Waals surface area contributed by atoms with Gasteiger partial charge in [0.25, 0.3) is 0 Å². The highest BCUT2D eigenvalue weighted by Gasteiger charge is 2.35. The van der Waals surface area contributed by atoms with Gasteiger partial charge in [-0.05, 0) is 77.7 Å². The first-order valence-electron chi connectivity index (χ1n) is 8.30. The third kappa shape index (κ3) is 3.76. The van der Waals surface area contributed by atoms with Crippen molar-refractivity contribution in [1.29, 1.82) is 0 Å². The van der Waals surface area contributed by atoms with Gasteiger partial charge >= 0.3 is 0 Å². The maximum atomic E-state index is 12.6. The predicted octanol–water partition coefficient (Wildman–Crippen LogP) is 4.37. The Morgan fingerprint density at radius 2 is 1.88 bits per heavy atom. The van der Waals surface area contributed by atoms with Gasteiger partial charge in [0.1, 0.15) is 0 Å². The zero-order chi connectivity index (χ0) is 18.1. The zero-order valence-corrected chi connectivity index (χ0v) is 16.2. The monoisotopic (exact) mass is 400 g/mol. The van der Waals surface area contributed by atoms with Crippen molar-refractivity contribution in [2.45, 2.75) is 27.2 Å². The first-order valence-corrected chi connectivity index (χ1v) is 9.09. The summed E-state index contributed by atoms with van der Waals surface area (Å²) in [5.74, 6) is -0.474. The average molecular weight is 401 g/mol. The molecule has 5 heteroatoms. The fourth-order valence-corrected chi connectivity index (χ4v) is 3.57. The standard InChI is InChI=1S/C20H21BrN2O2/c1-12-4-7-18(17(21)8-12)22-20(25)15-10-19(24)23(11-15)16-6-5-13(2)14(3)9-16/h4-9,15H,10-11H2,1-3H3,(H,22,25)/t15-/m0/s1. The fourth-order valence-electron chi connectivity index (χ4n) is 2.98. The summed E-state index contributed by atoms with van der Waals surface area (Å²) in [6.07, 6.45) is 0.238. The molecule has 3 rings (SSSR count). The summed E-state index contributed by atoms with van der Waals surface area (Å²) < 4.78 is 0.844. The Balaban J connectivity index is 1.73. The Morgan fingerprint density at radius 1 is 1.12 bits per heavy atom. The second-order valence-corrected chi connectivity index (χ2v) is 7.50. The van der Waals surface area contributed by atoms with E-state index in [0.717, 1.165) is 27.0 Å². The topological polar surface area (TPSA) is 49.4 Å². The number of aryl methyl sites for hydroxylation is 3.